The highest BCUT2D eigenvalue weighted by Crippen LogP contribution is 2.49. The van der Waals surface area contributed by atoms with Gasteiger partial charge in [-0.25, -0.2) is 0 Å². The summed E-state index contributed by atoms with van der Waals surface area (Å²) in [4.78, 5) is 13.5. The number of ether oxygens (including phenoxy) is 1. The van der Waals surface area contributed by atoms with Crippen molar-refractivity contribution in [2.45, 2.75) is 38.5 Å². The number of aryl methyl sites for hydroxylation is 1. The van der Waals surface area contributed by atoms with Gasteiger partial charge in [0.05, 0.1) is 17.9 Å². The molecule has 0 saturated heterocycles. The minimum atomic E-state index is -0.202. The first-order valence-corrected chi connectivity index (χ1v) is 10.9. The van der Waals surface area contributed by atoms with Crippen LogP contribution in [0.4, 0.5) is 5.88 Å². The van der Waals surface area contributed by atoms with Crippen LogP contribution in [0.1, 0.15) is 54.0 Å². The molecule has 5 rings (SSSR count). The summed E-state index contributed by atoms with van der Waals surface area (Å²) in [6.07, 6.45) is 1.20. The fourth-order valence-corrected chi connectivity index (χ4v) is 4.83. The molecule has 31 heavy (non-hydrogen) atoms. The Balaban J connectivity index is 1.57. The van der Waals surface area contributed by atoms with Gasteiger partial charge < -0.3 is 14.6 Å². The van der Waals surface area contributed by atoms with Crippen LogP contribution in [-0.4, -0.2) is 17.5 Å². The number of Topliss-reactive ketones (excluding diaryl/α,β-unsaturated/α-hetero) is 1. The monoisotopic (exact) mass is 434 g/mol. The van der Waals surface area contributed by atoms with E-state index in [0.29, 0.717) is 23.9 Å². The summed E-state index contributed by atoms with van der Waals surface area (Å²) >= 11 is 6.05. The number of aromatic nitrogens is 1. The van der Waals surface area contributed by atoms with Gasteiger partial charge >= 0.3 is 0 Å². The third-order valence-electron chi connectivity index (χ3n) is 6.12. The van der Waals surface area contributed by atoms with E-state index in [0.717, 1.165) is 45.8 Å². The first-order valence-electron chi connectivity index (χ1n) is 10.5. The zero-order chi connectivity index (χ0) is 21.5. The second-order valence-corrected chi connectivity index (χ2v) is 8.48. The summed E-state index contributed by atoms with van der Waals surface area (Å²) in [5.74, 6) is 1.49. The SMILES string of the molecule is CCOc1ccc([C@H]2C3=C(C[C@@H](c4ccc(Cl)cc4)CC3=O)Nc3onc(C)c32)cc1. The largest absolute Gasteiger partial charge is 0.494 e. The average Bonchev–Trinajstić information content (AvgIpc) is 3.14. The lowest BCUT2D eigenvalue weighted by atomic mass is 9.72. The number of anilines is 1. The molecular formula is C25H23ClN2O3. The molecule has 1 N–H and O–H groups in total. The van der Waals surface area contributed by atoms with Gasteiger partial charge in [0.25, 0.3) is 0 Å². The molecule has 158 valence electrons. The molecular weight excluding hydrogens is 412 g/mol. The smallest absolute Gasteiger partial charge is 0.233 e. The molecule has 1 aliphatic carbocycles. The Morgan fingerprint density at radius 1 is 1.10 bits per heavy atom. The molecule has 0 saturated carbocycles. The van der Waals surface area contributed by atoms with E-state index in [1.54, 1.807) is 0 Å². The van der Waals surface area contributed by atoms with Gasteiger partial charge in [-0.1, -0.05) is 41.0 Å². The Labute approximate surface area is 186 Å². The number of hydrogen-bond donors (Lipinski definition) is 1. The molecule has 0 radical (unpaired) electrons. The highest BCUT2D eigenvalue weighted by Gasteiger charge is 2.41. The zero-order valence-electron chi connectivity index (χ0n) is 17.4. The molecule has 0 spiro atoms. The molecule has 0 unspecified atom stereocenters. The van der Waals surface area contributed by atoms with Gasteiger partial charge in [0.1, 0.15) is 5.75 Å². The van der Waals surface area contributed by atoms with Crippen LogP contribution < -0.4 is 10.1 Å². The van der Waals surface area contributed by atoms with Crippen molar-refractivity contribution in [1.29, 1.82) is 0 Å². The molecule has 2 atom stereocenters. The summed E-state index contributed by atoms with van der Waals surface area (Å²) in [6.45, 7) is 4.49. The highest BCUT2D eigenvalue weighted by molar-refractivity contribution is 6.30. The second kappa shape index (κ2) is 7.89. The first kappa shape index (κ1) is 19.9. The number of carbonyl (C=O) groups is 1. The summed E-state index contributed by atoms with van der Waals surface area (Å²) in [7, 11) is 0. The van der Waals surface area contributed by atoms with Crippen molar-refractivity contribution in [1.82, 2.24) is 5.16 Å². The number of carbonyl (C=O) groups excluding carboxylic acids is 1. The van der Waals surface area contributed by atoms with E-state index in [1.807, 2.05) is 62.4 Å². The van der Waals surface area contributed by atoms with E-state index in [1.165, 1.54) is 0 Å². The Hall–Kier alpha value is -3.05. The van der Waals surface area contributed by atoms with Crippen molar-refractivity contribution in [2.75, 3.05) is 11.9 Å². The van der Waals surface area contributed by atoms with Gasteiger partial charge in [0.2, 0.25) is 5.88 Å². The number of ketones is 1. The van der Waals surface area contributed by atoms with Crippen LogP contribution in [0.5, 0.6) is 5.75 Å². The van der Waals surface area contributed by atoms with Gasteiger partial charge in [-0.2, -0.15) is 0 Å². The van der Waals surface area contributed by atoms with Crippen LogP contribution >= 0.6 is 11.6 Å². The van der Waals surface area contributed by atoms with E-state index >= 15 is 0 Å². The van der Waals surface area contributed by atoms with Gasteiger partial charge in [-0.05, 0) is 61.6 Å². The van der Waals surface area contributed by atoms with Crippen molar-refractivity contribution >= 4 is 23.3 Å². The summed E-state index contributed by atoms with van der Waals surface area (Å²) in [6, 6.07) is 15.7. The molecule has 2 aromatic carbocycles. The number of nitrogens with one attached hydrogen (secondary N) is 1. The van der Waals surface area contributed by atoms with Crippen LogP contribution in [0.15, 0.2) is 64.3 Å². The molecule has 6 heteroatoms. The predicted octanol–water partition coefficient (Wildman–Crippen LogP) is 5.99. The fourth-order valence-electron chi connectivity index (χ4n) is 4.70. The Kier molecular flexibility index (Phi) is 5.06. The number of rotatable bonds is 4. The van der Waals surface area contributed by atoms with Crippen LogP contribution in [0.25, 0.3) is 0 Å². The number of halogens is 1. The van der Waals surface area contributed by atoms with Crippen molar-refractivity contribution in [2.24, 2.45) is 0 Å². The lowest BCUT2D eigenvalue weighted by Gasteiger charge is -2.34. The maximum Gasteiger partial charge on any atom is 0.233 e. The van der Waals surface area contributed by atoms with E-state index in [4.69, 9.17) is 20.9 Å². The molecule has 1 aliphatic heterocycles. The van der Waals surface area contributed by atoms with Gasteiger partial charge in [-0.3, -0.25) is 4.79 Å². The molecule has 2 aliphatic rings. The summed E-state index contributed by atoms with van der Waals surface area (Å²) in [5, 5.41) is 8.24. The van der Waals surface area contributed by atoms with E-state index in [9.17, 15) is 4.79 Å². The highest BCUT2D eigenvalue weighted by atomic mass is 35.5. The van der Waals surface area contributed by atoms with E-state index in [-0.39, 0.29) is 17.6 Å². The fraction of sp³-hybridized carbons (Fsp3) is 0.280. The normalized spacial score (nSPS) is 20.2. The minimum absolute atomic E-state index is 0.0996. The molecule has 0 amide bonds. The zero-order valence-corrected chi connectivity index (χ0v) is 18.2. The topological polar surface area (TPSA) is 64.4 Å². The number of allylic oxidation sites excluding steroid dienone is 2. The summed E-state index contributed by atoms with van der Waals surface area (Å²) < 4.78 is 11.2. The lowest BCUT2D eigenvalue weighted by Crippen LogP contribution is -2.29. The Morgan fingerprint density at radius 2 is 1.81 bits per heavy atom. The second-order valence-electron chi connectivity index (χ2n) is 8.04. The maximum absolute atomic E-state index is 13.5. The maximum atomic E-state index is 13.5. The molecule has 3 aromatic rings. The van der Waals surface area contributed by atoms with E-state index < -0.39 is 0 Å². The van der Waals surface area contributed by atoms with Crippen LogP contribution in [0.3, 0.4) is 0 Å². The van der Waals surface area contributed by atoms with Gasteiger partial charge in [-0.15, -0.1) is 0 Å². The lowest BCUT2D eigenvalue weighted by molar-refractivity contribution is -0.116. The predicted molar refractivity (Wildman–Crippen MR) is 120 cm³/mol. The quantitative estimate of drug-likeness (QED) is 0.546. The van der Waals surface area contributed by atoms with E-state index in [2.05, 4.69) is 10.5 Å². The summed E-state index contributed by atoms with van der Waals surface area (Å²) in [5.41, 5.74) is 5.60. The van der Waals surface area contributed by atoms with Crippen molar-refractivity contribution < 1.29 is 14.1 Å². The van der Waals surface area contributed by atoms with Crippen molar-refractivity contribution in [3.63, 3.8) is 0 Å². The van der Waals surface area contributed by atoms with Crippen LogP contribution in [0, 0.1) is 6.92 Å². The van der Waals surface area contributed by atoms with Gasteiger partial charge in [0, 0.05) is 28.6 Å². The Morgan fingerprint density at radius 3 is 2.52 bits per heavy atom. The van der Waals surface area contributed by atoms with Crippen LogP contribution in [0.2, 0.25) is 5.02 Å². The number of fused-ring (bicyclic) bond motifs is 1. The molecule has 0 bridgehead atoms. The molecule has 5 nitrogen and oxygen atoms in total. The van der Waals surface area contributed by atoms with Crippen LogP contribution in [-0.2, 0) is 4.79 Å². The number of benzene rings is 2. The van der Waals surface area contributed by atoms with Crippen molar-refractivity contribution in [3.05, 3.63) is 87.2 Å². The number of hydrogen-bond acceptors (Lipinski definition) is 5. The minimum Gasteiger partial charge on any atom is -0.494 e. The molecule has 0 fully saturated rings. The van der Waals surface area contributed by atoms with Crippen molar-refractivity contribution in [3.8, 4) is 5.75 Å². The third-order valence-corrected chi connectivity index (χ3v) is 6.38. The molecule has 2 heterocycles. The Bertz CT molecular complexity index is 1160. The average molecular weight is 435 g/mol. The number of nitrogens with zero attached hydrogens (tertiary/aromatic N) is 1. The standard InChI is InChI=1S/C25H23ClN2O3/c1-3-30-19-10-6-16(7-11-19)23-22-14(2)28-31-25(22)27-20-12-17(13-21(29)24(20)23)15-4-8-18(26)9-5-15/h4-11,17,23,27H,3,12-13H2,1-2H3/t17-,23-/m1/s1. The van der Waals surface area contributed by atoms with Gasteiger partial charge in [0.15, 0.2) is 5.78 Å². The first-order chi connectivity index (χ1) is 15.0. The third kappa shape index (κ3) is 3.53. The molecule has 1 aromatic heterocycles.